The number of likely N-dealkylation sites (N-methyl/N-ethyl adjacent to an activating group) is 1. The molecule has 0 aliphatic heterocycles. The summed E-state index contributed by atoms with van der Waals surface area (Å²) in [7, 11) is 1.47. The number of allylic oxidation sites excluding steroid dienone is 13. The van der Waals surface area contributed by atoms with Gasteiger partial charge in [0, 0.05) is 12.8 Å². The van der Waals surface area contributed by atoms with Crippen LogP contribution in [0.1, 0.15) is 265 Å². The van der Waals surface area contributed by atoms with Gasteiger partial charge in [-0.3, -0.25) is 18.6 Å². The number of esters is 1. The third-order valence-electron chi connectivity index (χ3n) is 13.5. The van der Waals surface area contributed by atoms with Crippen molar-refractivity contribution in [2.45, 2.75) is 277 Å². The fourth-order valence-electron chi connectivity index (χ4n) is 8.74. The van der Waals surface area contributed by atoms with Crippen LogP contribution < -0.4 is 5.32 Å². The predicted molar refractivity (Wildman–Crippen MR) is 323 cm³/mol. The van der Waals surface area contributed by atoms with E-state index in [-0.39, 0.29) is 31.5 Å². The van der Waals surface area contributed by atoms with Crippen LogP contribution in [0.2, 0.25) is 0 Å². The molecule has 0 heterocycles. The van der Waals surface area contributed by atoms with Gasteiger partial charge >= 0.3 is 13.8 Å². The van der Waals surface area contributed by atoms with Crippen LogP contribution in [0.5, 0.6) is 0 Å². The van der Waals surface area contributed by atoms with Gasteiger partial charge in [-0.15, -0.1) is 0 Å². The zero-order valence-corrected chi connectivity index (χ0v) is 50.4. The van der Waals surface area contributed by atoms with Crippen molar-refractivity contribution < 1.29 is 37.3 Å². The average Bonchev–Trinajstić information content (AvgIpc) is 3.37. The lowest BCUT2D eigenvalue weighted by atomic mass is 10.0. The van der Waals surface area contributed by atoms with Crippen LogP contribution in [0.4, 0.5) is 0 Å². The van der Waals surface area contributed by atoms with Gasteiger partial charge in [0.2, 0.25) is 5.91 Å². The molecule has 9 nitrogen and oxygen atoms in total. The molecule has 2 N–H and O–H groups in total. The van der Waals surface area contributed by atoms with Crippen LogP contribution in [-0.2, 0) is 27.9 Å². The van der Waals surface area contributed by atoms with Crippen molar-refractivity contribution >= 4 is 19.7 Å². The molecule has 0 fully saturated rings. The summed E-state index contributed by atoms with van der Waals surface area (Å²) < 4.78 is 30.7. The molecule has 0 radical (unpaired) electrons. The summed E-state index contributed by atoms with van der Waals surface area (Å²) in [5.74, 6) is -0.552. The highest BCUT2D eigenvalue weighted by atomic mass is 31.2. The number of nitrogens with one attached hydrogen (secondary N) is 1. The Morgan fingerprint density at radius 1 is 0.480 bits per heavy atom. The van der Waals surface area contributed by atoms with Crippen molar-refractivity contribution in [1.82, 2.24) is 5.32 Å². The molecule has 0 aromatic heterocycles. The second-order valence-corrected chi connectivity index (χ2v) is 23.5. The molecule has 0 saturated heterocycles. The van der Waals surface area contributed by atoms with E-state index in [1.54, 1.807) is 0 Å². The van der Waals surface area contributed by atoms with Gasteiger partial charge in [-0.1, -0.05) is 286 Å². The fourth-order valence-corrected chi connectivity index (χ4v) is 9.47. The van der Waals surface area contributed by atoms with Crippen molar-refractivity contribution in [3.8, 4) is 0 Å². The van der Waals surface area contributed by atoms with Crippen molar-refractivity contribution in [1.29, 1.82) is 0 Å². The molecule has 0 aliphatic carbocycles. The first-order valence-electron chi connectivity index (χ1n) is 31.0. The van der Waals surface area contributed by atoms with Crippen molar-refractivity contribution in [2.75, 3.05) is 40.9 Å². The monoisotopic (exact) mass is 1070 g/mol. The molecular weight excluding hydrogens is 952 g/mol. The zero-order chi connectivity index (χ0) is 55.0. The molecule has 1 amide bonds. The van der Waals surface area contributed by atoms with Gasteiger partial charge in [-0.05, 0) is 51.0 Å². The minimum atomic E-state index is -4.46. The zero-order valence-electron chi connectivity index (χ0n) is 49.5. The molecule has 3 unspecified atom stereocenters. The number of nitrogens with zero attached hydrogens (tertiary/aromatic N) is 1. The van der Waals surface area contributed by atoms with E-state index in [4.69, 9.17) is 13.8 Å². The molecule has 75 heavy (non-hydrogen) atoms. The van der Waals surface area contributed by atoms with Crippen molar-refractivity contribution in [3.63, 3.8) is 0 Å². The Hall–Kier alpha value is -2.81. The predicted octanol–water partition coefficient (Wildman–Crippen LogP) is 19.0. The molecule has 10 heteroatoms. The molecule has 0 saturated carbocycles. The standard InChI is InChI=1S/C65H117N2O7P/c1-7-10-13-16-19-22-25-28-30-32-33-35-36-39-42-45-48-51-54-57-64(68)66-62(61-73-75(70,71)72-60-59-67(4,5)6)63(56-53-50-47-44-41-38-27-24-21-18-15-12-9-3)74-65(69)58-55-52-49-46-43-40-37-34-31-29-26-23-20-17-14-11-8-2/h11,14,17,20,23,26,29,31,34,37,40,43,53,56,62-63H,7-10,12-13,15-16,18-19,21-22,24-25,27-28,30,32-33,35-36,38-39,41-42,44-52,54-55,57-61H2,1-6H3,(H-,66,68,70,71)/p+1/b14-11-,20-17+,26-23+,31-29-,37-34+,43-40+,56-53+. The molecule has 434 valence electrons. The van der Waals surface area contributed by atoms with Gasteiger partial charge < -0.3 is 19.4 Å². The fraction of sp³-hybridized carbons (Fsp3) is 0.754. The van der Waals surface area contributed by atoms with Gasteiger partial charge in [-0.25, -0.2) is 4.57 Å². The third kappa shape index (κ3) is 55.7. The highest BCUT2D eigenvalue weighted by Crippen LogP contribution is 2.43. The smallest absolute Gasteiger partial charge is 0.456 e. The Balaban J connectivity index is 5.35. The molecule has 0 aliphatic rings. The SMILES string of the molecule is CC\C=C/C=C/C=C/C=C\C=C\C=C\CCCCCC(=O)OC(/C=C/CCCCCCCCCCCCC)C(COP(=O)(O)OCC[N+](C)(C)C)NC(=O)CCCCCCCCCCCCCCCCCCCCC. The van der Waals surface area contributed by atoms with Gasteiger partial charge in [0.1, 0.15) is 19.3 Å². The molecule has 0 aromatic carbocycles. The highest BCUT2D eigenvalue weighted by molar-refractivity contribution is 7.47. The van der Waals surface area contributed by atoms with E-state index in [0.29, 0.717) is 23.9 Å². The Morgan fingerprint density at radius 3 is 1.29 bits per heavy atom. The Morgan fingerprint density at radius 2 is 0.853 bits per heavy atom. The van der Waals surface area contributed by atoms with Crippen LogP contribution in [0.15, 0.2) is 85.1 Å². The van der Waals surface area contributed by atoms with E-state index in [2.05, 4.69) is 38.2 Å². The number of quaternary nitrogens is 1. The van der Waals surface area contributed by atoms with Crippen molar-refractivity contribution in [2.24, 2.45) is 0 Å². The Bertz CT molecular complexity index is 1560. The number of carbonyl (C=O) groups is 2. The van der Waals surface area contributed by atoms with Gasteiger partial charge in [-0.2, -0.15) is 0 Å². The first-order valence-corrected chi connectivity index (χ1v) is 32.5. The lowest BCUT2D eigenvalue weighted by Gasteiger charge is -2.27. The number of unbranched alkanes of at least 4 members (excludes halogenated alkanes) is 32. The summed E-state index contributed by atoms with van der Waals surface area (Å²) in [6, 6.07) is -0.869. The van der Waals surface area contributed by atoms with Gasteiger partial charge in [0.25, 0.3) is 0 Å². The molecule has 0 bridgehead atoms. The quantitative estimate of drug-likeness (QED) is 0.0156. The van der Waals surface area contributed by atoms with Crippen LogP contribution in [0.25, 0.3) is 0 Å². The lowest BCUT2D eigenvalue weighted by molar-refractivity contribution is -0.870. The third-order valence-corrected chi connectivity index (χ3v) is 14.5. The minimum absolute atomic E-state index is 0.0304. The van der Waals surface area contributed by atoms with Gasteiger partial charge in [0.15, 0.2) is 0 Å². The second kappa shape index (κ2) is 54.5. The van der Waals surface area contributed by atoms with E-state index in [1.807, 2.05) is 94.1 Å². The number of phosphoric ester groups is 1. The number of carbonyl (C=O) groups excluding carboxylic acids is 2. The summed E-state index contributed by atoms with van der Waals surface area (Å²) in [5.41, 5.74) is 0. The lowest BCUT2D eigenvalue weighted by Crippen LogP contribution is -2.47. The summed E-state index contributed by atoms with van der Waals surface area (Å²) in [6.07, 6.45) is 71.5. The Labute approximate surface area is 463 Å². The van der Waals surface area contributed by atoms with Crippen LogP contribution in [0, 0.1) is 0 Å². The molecular formula is C65H118N2O7P+. The number of amides is 1. The van der Waals surface area contributed by atoms with E-state index >= 15 is 0 Å². The maximum absolute atomic E-state index is 13.6. The largest absolute Gasteiger partial charge is 0.472 e. The van der Waals surface area contributed by atoms with Crippen LogP contribution in [-0.4, -0.2) is 74.3 Å². The highest BCUT2D eigenvalue weighted by Gasteiger charge is 2.30. The van der Waals surface area contributed by atoms with Crippen LogP contribution in [0.3, 0.4) is 0 Å². The topological polar surface area (TPSA) is 111 Å². The normalized spacial score (nSPS) is 14.3. The molecule has 0 spiro atoms. The molecule has 0 aromatic rings. The average molecular weight is 1070 g/mol. The number of rotatable bonds is 55. The summed E-state index contributed by atoms with van der Waals surface area (Å²) in [4.78, 5) is 37.7. The van der Waals surface area contributed by atoms with Crippen molar-refractivity contribution in [3.05, 3.63) is 85.1 Å². The maximum atomic E-state index is 13.6. The minimum Gasteiger partial charge on any atom is -0.456 e. The summed E-state index contributed by atoms with van der Waals surface area (Å²) >= 11 is 0. The molecule has 3 atom stereocenters. The summed E-state index contributed by atoms with van der Waals surface area (Å²) in [5, 5.41) is 3.05. The number of ether oxygens (including phenoxy) is 1. The Kier molecular flexibility index (Phi) is 52.5. The first-order chi connectivity index (χ1) is 36.4. The molecule has 0 rings (SSSR count). The summed E-state index contributed by atoms with van der Waals surface area (Å²) in [6.45, 7) is 6.85. The van der Waals surface area contributed by atoms with E-state index in [0.717, 1.165) is 64.2 Å². The van der Waals surface area contributed by atoms with E-state index in [9.17, 15) is 19.0 Å². The van der Waals surface area contributed by atoms with Crippen LogP contribution >= 0.6 is 7.82 Å². The second-order valence-electron chi connectivity index (χ2n) is 22.0. The van der Waals surface area contributed by atoms with E-state index < -0.39 is 20.0 Å². The first kappa shape index (κ1) is 72.2. The maximum Gasteiger partial charge on any atom is 0.472 e. The van der Waals surface area contributed by atoms with E-state index in [1.165, 1.54) is 161 Å². The van der Waals surface area contributed by atoms with Gasteiger partial charge in [0.05, 0.1) is 33.8 Å². The number of hydrogen-bond acceptors (Lipinski definition) is 6. The number of phosphoric acid groups is 1. The number of hydrogen-bond donors (Lipinski definition) is 2.